The fraction of sp³-hybridized carbons (Fsp3) is 0.533. The molecule has 1 aromatic rings. The van der Waals surface area contributed by atoms with E-state index in [1.54, 1.807) is 0 Å². The Bertz CT molecular complexity index is 492. The van der Waals surface area contributed by atoms with Crippen LogP contribution in [0.3, 0.4) is 0 Å². The average molecular weight is 312 g/mol. The summed E-state index contributed by atoms with van der Waals surface area (Å²) in [6, 6.07) is 6.50. The van der Waals surface area contributed by atoms with Crippen molar-refractivity contribution in [3.05, 3.63) is 34.3 Å². The van der Waals surface area contributed by atoms with Crippen LogP contribution in [0.15, 0.2) is 18.2 Å². The largest absolute Gasteiger partial charge is 0.389 e. The van der Waals surface area contributed by atoms with Crippen molar-refractivity contribution in [1.82, 2.24) is 9.80 Å². The van der Waals surface area contributed by atoms with Crippen LogP contribution in [-0.4, -0.2) is 47.5 Å². The van der Waals surface area contributed by atoms with E-state index < -0.39 is 0 Å². The van der Waals surface area contributed by atoms with Gasteiger partial charge in [0.25, 0.3) is 0 Å². The Morgan fingerprint density at radius 3 is 2.80 bits per heavy atom. The number of halogens is 1. The van der Waals surface area contributed by atoms with Crippen molar-refractivity contribution in [2.24, 2.45) is 5.73 Å². The lowest BCUT2D eigenvalue weighted by Crippen LogP contribution is -2.50. The molecule has 2 N–H and O–H groups in total. The summed E-state index contributed by atoms with van der Waals surface area (Å²) >= 11 is 11.3. The molecule has 1 heterocycles. The van der Waals surface area contributed by atoms with Crippen molar-refractivity contribution in [2.75, 3.05) is 26.7 Å². The van der Waals surface area contributed by atoms with E-state index in [0.29, 0.717) is 11.0 Å². The van der Waals surface area contributed by atoms with Crippen LogP contribution in [-0.2, 0) is 6.54 Å². The third-order valence-corrected chi connectivity index (χ3v) is 4.65. The Hall–Kier alpha value is -0.680. The molecule has 20 heavy (non-hydrogen) atoms. The van der Waals surface area contributed by atoms with Crippen molar-refractivity contribution in [1.29, 1.82) is 0 Å². The van der Waals surface area contributed by atoms with E-state index in [1.165, 1.54) is 6.42 Å². The van der Waals surface area contributed by atoms with Gasteiger partial charge in [-0.15, -0.1) is 0 Å². The van der Waals surface area contributed by atoms with Crippen LogP contribution < -0.4 is 5.73 Å². The topological polar surface area (TPSA) is 32.5 Å². The first kappa shape index (κ1) is 15.7. The molecule has 1 atom stereocenters. The summed E-state index contributed by atoms with van der Waals surface area (Å²) in [5, 5.41) is 0.752. The van der Waals surface area contributed by atoms with Crippen molar-refractivity contribution in [3.8, 4) is 0 Å². The monoisotopic (exact) mass is 311 g/mol. The molecule has 0 spiro atoms. The van der Waals surface area contributed by atoms with Gasteiger partial charge < -0.3 is 10.6 Å². The summed E-state index contributed by atoms with van der Waals surface area (Å²) in [7, 11) is 2.20. The summed E-state index contributed by atoms with van der Waals surface area (Å²) in [4.78, 5) is 5.30. The molecule has 0 radical (unpaired) electrons. The minimum atomic E-state index is 0.393. The van der Waals surface area contributed by atoms with Crippen molar-refractivity contribution < 1.29 is 0 Å². The maximum absolute atomic E-state index is 6.34. The van der Waals surface area contributed by atoms with Crippen LogP contribution in [0.5, 0.6) is 0 Å². The minimum Gasteiger partial charge on any atom is -0.389 e. The number of nitrogens with zero attached hydrogens (tertiary/aromatic N) is 2. The van der Waals surface area contributed by atoms with E-state index >= 15 is 0 Å². The predicted molar refractivity (Wildman–Crippen MR) is 89.3 cm³/mol. The van der Waals surface area contributed by atoms with Gasteiger partial charge in [-0.3, -0.25) is 4.90 Å². The summed E-state index contributed by atoms with van der Waals surface area (Å²) in [6.07, 6.45) is 1.18. The second kappa shape index (κ2) is 6.85. The highest BCUT2D eigenvalue weighted by Gasteiger charge is 2.23. The number of thiocarbonyl (C=S) groups is 1. The summed E-state index contributed by atoms with van der Waals surface area (Å²) in [6.45, 7) is 6.43. The fourth-order valence-electron chi connectivity index (χ4n) is 2.66. The SMILES string of the molecule is CCC1CN(Cc2ccc(C(N)=S)cc2Cl)CCN1C. The van der Waals surface area contributed by atoms with Gasteiger partial charge in [0.15, 0.2) is 0 Å². The molecular formula is C15H22ClN3S. The zero-order valence-electron chi connectivity index (χ0n) is 12.1. The molecule has 1 fully saturated rings. The zero-order chi connectivity index (χ0) is 14.7. The molecule has 110 valence electrons. The Labute approximate surface area is 131 Å². The van der Waals surface area contributed by atoms with Crippen LogP contribution in [0.2, 0.25) is 5.02 Å². The second-order valence-corrected chi connectivity index (χ2v) is 6.30. The molecule has 0 bridgehead atoms. The Morgan fingerprint density at radius 2 is 2.20 bits per heavy atom. The maximum Gasteiger partial charge on any atom is 0.104 e. The van der Waals surface area contributed by atoms with Crippen LogP contribution >= 0.6 is 23.8 Å². The van der Waals surface area contributed by atoms with E-state index in [4.69, 9.17) is 29.6 Å². The summed E-state index contributed by atoms with van der Waals surface area (Å²) < 4.78 is 0. The van der Waals surface area contributed by atoms with Gasteiger partial charge in [-0.2, -0.15) is 0 Å². The third-order valence-electron chi connectivity index (χ3n) is 4.06. The smallest absolute Gasteiger partial charge is 0.104 e. The molecule has 1 aromatic carbocycles. The second-order valence-electron chi connectivity index (χ2n) is 5.45. The van der Waals surface area contributed by atoms with E-state index in [2.05, 4.69) is 23.8 Å². The highest BCUT2D eigenvalue weighted by molar-refractivity contribution is 7.80. The van der Waals surface area contributed by atoms with Crippen LogP contribution in [0.25, 0.3) is 0 Å². The first-order valence-electron chi connectivity index (χ1n) is 7.02. The van der Waals surface area contributed by atoms with Crippen LogP contribution in [0.1, 0.15) is 24.5 Å². The van der Waals surface area contributed by atoms with Gasteiger partial charge in [-0.05, 0) is 25.1 Å². The molecule has 1 unspecified atom stereocenters. The number of benzene rings is 1. The standard InChI is InChI=1S/C15H22ClN3S/c1-3-13-10-19(7-6-18(13)2)9-12-5-4-11(15(17)20)8-14(12)16/h4-5,8,13H,3,6-7,9-10H2,1-2H3,(H2,17,20). The Morgan fingerprint density at radius 1 is 1.45 bits per heavy atom. The lowest BCUT2D eigenvalue weighted by molar-refractivity contribution is 0.0884. The van der Waals surface area contributed by atoms with Gasteiger partial charge in [-0.25, -0.2) is 0 Å². The quantitative estimate of drug-likeness (QED) is 0.866. The maximum atomic E-state index is 6.34. The summed E-state index contributed by atoms with van der Waals surface area (Å²) in [5.41, 5.74) is 7.60. The normalized spacial score (nSPS) is 21.1. The van der Waals surface area contributed by atoms with Crippen LogP contribution in [0, 0.1) is 0 Å². The van der Waals surface area contributed by atoms with E-state index in [1.807, 2.05) is 18.2 Å². The first-order valence-corrected chi connectivity index (χ1v) is 7.80. The number of rotatable bonds is 4. The zero-order valence-corrected chi connectivity index (χ0v) is 13.7. The van der Waals surface area contributed by atoms with E-state index in [0.717, 1.165) is 42.3 Å². The Kier molecular flexibility index (Phi) is 5.38. The molecule has 0 aromatic heterocycles. The van der Waals surface area contributed by atoms with Gasteiger partial charge in [0.05, 0.1) is 0 Å². The van der Waals surface area contributed by atoms with Gasteiger partial charge in [-0.1, -0.05) is 42.9 Å². The first-order chi connectivity index (χ1) is 9.51. The molecule has 2 rings (SSSR count). The van der Waals surface area contributed by atoms with E-state index in [-0.39, 0.29) is 0 Å². The molecule has 1 saturated heterocycles. The lowest BCUT2D eigenvalue weighted by Gasteiger charge is -2.39. The molecular weight excluding hydrogens is 290 g/mol. The number of piperazine rings is 1. The van der Waals surface area contributed by atoms with Crippen LogP contribution in [0.4, 0.5) is 0 Å². The van der Waals surface area contributed by atoms with Gasteiger partial charge in [0, 0.05) is 42.8 Å². The van der Waals surface area contributed by atoms with Crippen molar-refractivity contribution in [3.63, 3.8) is 0 Å². The van der Waals surface area contributed by atoms with Gasteiger partial charge in [0.1, 0.15) is 4.99 Å². The fourth-order valence-corrected chi connectivity index (χ4v) is 3.03. The molecule has 3 nitrogen and oxygen atoms in total. The molecule has 0 amide bonds. The molecule has 1 aliphatic heterocycles. The molecule has 1 aliphatic rings. The predicted octanol–water partition coefficient (Wildman–Crippen LogP) is 2.50. The lowest BCUT2D eigenvalue weighted by atomic mass is 10.1. The highest BCUT2D eigenvalue weighted by Crippen LogP contribution is 2.21. The van der Waals surface area contributed by atoms with Gasteiger partial charge >= 0.3 is 0 Å². The van der Waals surface area contributed by atoms with E-state index in [9.17, 15) is 0 Å². The number of hydrogen-bond donors (Lipinski definition) is 1. The number of nitrogens with two attached hydrogens (primary N) is 1. The van der Waals surface area contributed by atoms with Crippen molar-refractivity contribution in [2.45, 2.75) is 25.9 Å². The average Bonchev–Trinajstić information content (AvgIpc) is 2.42. The minimum absolute atomic E-state index is 0.393. The molecule has 0 saturated carbocycles. The summed E-state index contributed by atoms with van der Waals surface area (Å²) in [5.74, 6) is 0. The number of hydrogen-bond acceptors (Lipinski definition) is 3. The highest BCUT2D eigenvalue weighted by atomic mass is 35.5. The molecule has 0 aliphatic carbocycles. The number of likely N-dealkylation sites (N-methyl/N-ethyl adjacent to an activating group) is 1. The molecule has 5 heteroatoms. The van der Waals surface area contributed by atoms with Gasteiger partial charge in [0.2, 0.25) is 0 Å². The van der Waals surface area contributed by atoms with Crippen molar-refractivity contribution >= 4 is 28.8 Å². The third kappa shape index (κ3) is 3.70. The Balaban J connectivity index is 2.05.